The van der Waals surface area contributed by atoms with Gasteiger partial charge < -0.3 is 4.42 Å². The Hall–Kier alpha value is -2.94. The summed E-state index contributed by atoms with van der Waals surface area (Å²) in [6.45, 7) is 0. The minimum Gasteiger partial charge on any atom is -0.456 e. The summed E-state index contributed by atoms with van der Waals surface area (Å²) in [6.07, 6.45) is 4.45. The molecule has 0 atom stereocenters. The average Bonchev–Trinajstić information content (AvgIpc) is 2.94. The molecule has 0 saturated heterocycles. The van der Waals surface area contributed by atoms with Crippen LogP contribution in [0.5, 0.6) is 0 Å². The van der Waals surface area contributed by atoms with Crippen LogP contribution in [0.3, 0.4) is 0 Å². The van der Waals surface area contributed by atoms with Crippen LogP contribution in [0.25, 0.3) is 33.1 Å². The molecule has 3 aromatic carbocycles. The van der Waals surface area contributed by atoms with Crippen LogP contribution in [0.2, 0.25) is 0 Å². The molecule has 120 valence electrons. The zero-order valence-corrected chi connectivity index (χ0v) is 13.6. The highest BCUT2D eigenvalue weighted by atomic mass is 16.3. The first kappa shape index (κ1) is 13.4. The number of nitroso groups, excluding NO2 is 1. The molecule has 0 amide bonds. The molecule has 0 N–H and O–H groups in total. The van der Waals surface area contributed by atoms with Crippen molar-refractivity contribution in [1.82, 2.24) is 0 Å². The van der Waals surface area contributed by atoms with Crippen molar-refractivity contribution in [2.75, 3.05) is 0 Å². The lowest BCUT2D eigenvalue weighted by Crippen LogP contribution is -2.07. The smallest absolute Gasteiger partial charge is 0.136 e. The molecule has 1 heterocycles. The molecule has 0 saturated carbocycles. The zero-order chi connectivity index (χ0) is 16.5. The lowest BCUT2D eigenvalue weighted by molar-refractivity contribution is 0.666. The first-order valence-electron chi connectivity index (χ1n) is 8.78. The summed E-state index contributed by atoms with van der Waals surface area (Å²) in [5.74, 6) is 0. The first-order chi connectivity index (χ1) is 12.3. The third kappa shape index (κ3) is 1.75. The summed E-state index contributed by atoms with van der Waals surface area (Å²) >= 11 is 0. The van der Waals surface area contributed by atoms with E-state index in [1.165, 1.54) is 34.1 Å². The second-order valence-corrected chi connectivity index (χ2v) is 7.16. The van der Waals surface area contributed by atoms with Gasteiger partial charge in [-0.15, -0.1) is 4.91 Å². The third-order valence-electron chi connectivity index (χ3n) is 5.85. The van der Waals surface area contributed by atoms with Gasteiger partial charge >= 0.3 is 0 Å². The summed E-state index contributed by atoms with van der Waals surface area (Å²) in [5, 5.41) is 5.58. The van der Waals surface area contributed by atoms with Crippen molar-refractivity contribution in [3.63, 3.8) is 0 Å². The fraction of sp³-hybridized carbons (Fsp3) is 0.182. The predicted octanol–water partition coefficient (Wildman–Crippen LogP) is 5.85. The van der Waals surface area contributed by atoms with Crippen LogP contribution in [0.15, 0.2) is 52.1 Å². The molecular formula is C22H15NO2. The maximum absolute atomic E-state index is 11.3. The van der Waals surface area contributed by atoms with E-state index in [9.17, 15) is 4.91 Å². The van der Waals surface area contributed by atoms with Gasteiger partial charge in [0.15, 0.2) is 0 Å². The number of rotatable bonds is 2. The van der Waals surface area contributed by atoms with Crippen molar-refractivity contribution in [3.05, 3.63) is 69.6 Å². The van der Waals surface area contributed by atoms with Gasteiger partial charge in [0.1, 0.15) is 16.9 Å². The molecule has 6 rings (SSSR count). The topological polar surface area (TPSA) is 42.6 Å². The van der Waals surface area contributed by atoms with Crippen molar-refractivity contribution in [2.45, 2.75) is 25.7 Å². The van der Waals surface area contributed by atoms with Crippen molar-refractivity contribution in [3.8, 4) is 11.1 Å². The standard InChI is InChI=1S/C22H15NO2/c24-23-20-9-14-3-1-12(14)7-18(20)16-5-6-17-19-8-13-2-4-15(13)10-22(19)25-21(17)11-16/h5-11H,1-4H2. The molecule has 0 radical (unpaired) electrons. The van der Waals surface area contributed by atoms with Gasteiger partial charge in [-0.3, -0.25) is 0 Å². The van der Waals surface area contributed by atoms with Crippen LogP contribution in [0.4, 0.5) is 5.69 Å². The highest BCUT2D eigenvalue weighted by Gasteiger charge is 2.20. The Kier molecular flexibility index (Phi) is 2.44. The summed E-state index contributed by atoms with van der Waals surface area (Å²) in [7, 11) is 0. The molecule has 0 fully saturated rings. The molecule has 4 aromatic rings. The number of furan rings is 1. The van der Waals surface area contributed by atoms with E-state index in [-0.39, 0.29) is 0 Å². The van der Waals surface area contributed by atoms with Crippen LogP contribution in [0, 0.1) is 4.91 Å². The Morgan fingerprint density at radius 1 is 0.720 bits per heavy atom. The maximum atomic E-state index is 11.3. The molecular weight excluding hydrogens is 310 g/mol. The summed E-state index contributed by atoms with van der Waals surface area (Å²) in [5.41, 5.74) is 9.67. The minimum atomic E-state index is 0.524. The summed E-state index contributed by atoms with van der Waals surface area (Å²) < 4.78 is 6.12. The van der Waals surface area contributed by atoms with Gasteiger partial charge in [0.05, 0.1) is 0 Å². The van der Waals surface area contributed by atoms with Crippen LogP contribution in [-0.4, -0.2) is 0 Å². The monoisotopic (exact) mass is 325 g/mol. The highest BCUT2D eigenvalue weighted by molar-refractivity contribution is 6.06. The van der Waals surface area contributed by atoms with Gasteiger partial charge in [-0.25, -0.2) is 0 Å². The molecule has 3 heteroatoms. The third-order valence-corrected chi connectivity index (χ3v) is 5.85. The van der Waals surface area contributed by atoms with E-state index in [1.807, 2.05) is 12.1 Å². The van der Waals surface area contributed by atoms with Crippen molar-refractivity contribution >= 4 is 27.6 Å². The maximum Gasteiger partial charge on any atom is 0.136 e. The molecule has 0 bridgehead atoms. The Morgan fingerprint density at radius 3 is 2.16 bits per heavy atom. The van der Waals surface area contributed by atoms with Gasteiger partial charge in [-0.2, -0.15) is 0 Å². The fourth-order valence-corrected chi connectivity index (χ4v) is 4.18. The normalized spacial score (nSPS) is 14.7. The highest BCUT2D eigenvalue weighted by Crippen LogP contribution is 2.40. The van der Waals surface area contributed by atoms with E-state index in [2.05, 4.69) is 35.5 Å². The molecule has 2 aliphatic rings. The molecule has 0 spiro atoms. The quantitative estimate of drug-likeness (QED) is 0.434. The number of hydrogen-bond acceptors (Lipinski definition) is 3. The number of benzene rings is 3. The van der Waals surface area contributed by atoms with Crippen molar-refractivity contribution in [2.24, 2.45) is 5.18 Å². The largest absolute Gasteiger partial charge is 0.456 e. The van der Waals surface area contributed by atoms with E-state index in [1.54, 1.807) is 0 Å². The van der Waals surface area contributed by atoms with E-state index >= 15 is 0 Å². The molecule has 0 unspecified atom stereocenters. The number of nitrogens with zero attached hydrogens (tertiary/aromatic N) is 1. The summed E-state index contributed by atoms with van der Waals surface area (Å²) in [6, 6.07) is 14.7. The van der Waals surface area contributed by atoms with E-state index in [0.717, 1.165) is 46.9 Å². The van der Waals surface area contributed by atoms with E-state index in [4.69, 9.17) is 4.42 Å². The molecule has 1 aromatic heterocycles. The van der Waals surface area contributed by atoms with Gasteiger partial charge in [-0.1, -0.05) is 6.07 Å². The van der Waals surface area contributed by atoms with Gasteiger partial charge in [0.2, 0.25) is 0 Å². The van der Waals surface area contributed by atoms with Crippen molar-refractivity contribution < 1.29 is 4.42 Å². The van der Waals surface area contributed by atoms with Crippen LogP contribution in [-0.2, 0) is 25.7 Å². The molecule has 2 aliphatic carbocycles. The summed E-state index contributed by atoms with van der Waals surface area (Å²) in [4.78, 5) is 11.3. The fourth-order valence-electron chi connectivity index (χ4n) is 4.18. The van der Waals surface area contributed by atoms with E-state index < -0.39 is 0 Å². The lowest BCUT2D eigenvalue weighted by atomic mass is 9.85. The second-order valence-electron chi connectivity index (χ2n) is 7.16. The Bertz CT molecular complexity index is 1220. The first-order valence-corrected chi connectivity index (χ1v) is 8.78. The molecule has 25 heavy (non-hydrogen) atoms. The van der Waals surface area contributed by atoms with Crippen LogP contribution in [0.1, 0.15) is 22.3 Å². The Morgan fingerprint density at radius 2 is 1.40 bits per heavy atom. The molecule has 3 nitrogen and oxygen atoms in total. The minimum absolute atomic E-state index is 0.524. The second kappa shape index (κ2) is 4.57. The number of fused-ring (bicyclic) bond motifs is 5. The van der Waals surface area contributed by atoms with Gasteiger partial charge in [0.25, 0.3) is 0 Å². The van der Waals surface area contributed by atoms with Crippen molar-refractivity contribution in [1.29, 1.82) is 0 Å². The van der Waals surface area contributed by atoms with Crippen LogP contribution < -0.4 is 0 Å². The number of aryl methyl sites for hydroxylation is 4. The average molecular weight is 325 g/mol. The van der Waals surface area contributed by atoms with Crippen LogP contribution >= 0.6 is 0 Å². The SMILES string of the molecule is O=Nc1cc2c(cc1-c1ccc3c(c1)oc1cc4c(cc13)CC4)CC2. The Balaban J connectivity index is 1.59. The molecule has 0 aliphatic heterocycles. The Labute approximate surface area is 144 Å². The van der Waals surface area contributed by atoms with E-state index in [0.29, 0.717) is 5.69 Å². The predicted molar refractivity (Wildman–Crippen MR) is 99.4 cm³/mol. The zero-order valence-electron chi connectivity index (χ0n) is 13.6. The lowest BCUT2D eigenvalue weighted by Gasteiger charge is -2.20. The number of hydrogen-bond donors (Lipinski definition) is 0. The van der Waals surface area contributed by atoms with Gasteiger partial charge in [0, 0.05) is 16.3 Å². The van der Waals surface area contributed by atoms with Gasteiger partial charge in [-0.05, 0) is 95.1 Å².